The maximum atomic E-state index is 2.33. The van der Waals surface area contributed by atoms with Gasteiger partial charge in [-0.2, -0.15) is 0 Å². The number of nitrogens with zero attached hydrogens (tertiary/aromatic N) is 2. The molecular formula is C15H29N2+. The number of unbranched alkanes of at least 4 members (excludes halogenated alkanes) is 6. The van der Waals surface area contributed by atoms with Gasteiger partial charge in [-0.1, -0.05) is 39.5 Å². The molecule has 0 aliphatic carbocycles. The van der Waals surface area contributed by atoms with E-state index in [-0.39, 0.29) is 0 Å². The molecule has 1 aromatic heterocycles. The van der Waals surface area contributed by atoms with Crippen LogP contribution in [0.25, 0.3) is 0 Å². The van der Waals surface area contributed by atoms with Crippen LogP contribution >= 0.6 is 0 Å². The Balaban J connectivity index is 2.14. The lowest BCUT2D eigenvalue weighted by molar-refractivity contribution is -0.696. The van der Waals surface area contributed by atoms with Crippen molar-refractivity contribution in [1.29, 1.82) is 0 Å². The van der Waals surface area contributed by atoms with Gasteiger partial charge in [-0.15, -0.1) is 0 Å². The topological polar surface area (TPSA) is 8.81 Å². The molecular weight excluding hydrogens is 208 g/mol. The summed E-state index contributed by atoms with van der Waals surface area (Å²) < 4.78 is 4.66. The van der Waals surface area contributed by atoms with Crippen molar-refractivity contribution in [3.63, 3.8) is 0 Å². The van der Waals surface area contributed by atoms with Gasteiger partial charge in [0.2, 0.25) is 6.33 Å². The Kier molecular flexibility index (Phi) is 7.78. The maximum absolute atomic E-state index is 2.33. The highest BCUT2D eigenvalue weighted by molar-refractivity contribution is 4.66. The Bertz CT molecular complexity index is 252. The Hall–Kier alpha value is -0.790. The van der Waals surface area contributed by atoms with Gasteiger partial charge < -0.3 is 0 Å². The summed E-state index contributed by atoms with van der Waals surface area (Å²) >= 11 is 0. The molecule has 0 atom stereocenters. The standard InChI is InChI=1S/C15H29N2/c1-3-5-7-9-11-16-13-14-17(15-16)12-10-8-6-4-2/h13-15H,3-12H2,1-2H3/q+1. The molecule has 0 fully saturated rings. The summed E-state index contributed by atoms with van der Waals surface area (Å²) in [6.45, 7) is 6.89. The van der Waals surface area contributed by atoms with E-state index in [1.54, 1.807) is 0 Å². The predicted octanol–water partition coefficient (Wildman–Crippen LogP) is 3.94. The van der Waals surface area contributed by atoms with Gasteiger partial charge in [0.1, 0.15) is 12.4 Å². The van der Waals surface area contributed by atoms with E-state index in [0.717, 1.165) is 0 Å². The molecule has 0 spiro atoms. The molecule has 0 N–H and O–H groups in total. The molecule has 1 rings (SSSR count). The Labute approximate surface area is 107 Å². The van der Waals surface area contributed by atoms with E-state index < -0.39 is 0 Å². The highest BCUT2D eigenvalue weighted by atomic mass is 15.1. The highest BCUT2D eigenvalue weighted by Crippen LogP contribution is 2.01. The minimum atomic E-state index is 1.18. The predicted molar refractivity (Wildman–Crippen MR) is 72.9 cm³/mol. The molecule has 0 bridgehead atoms. The summed E-state index contributed by atoms with van der Waals surface area (Å²) in [6.07, 6.45) is 17.4. The van der Waals surface area contributed by atoms with Crippen molar-refractivity contribution < 1.29 is 4.57 Å². The molecule has 0 aliphatic rings. The van der Waals surface area contributed by atoms with Crippen LogP contribution in [0.4, 0.5) is 0 Å². The van der Waals surface area contributed by atoms with E-state index in [2.05, 4.69) is 41.7 Å². The van der Waals surface area contributed by atoms with E-state index >= 15 is 0 Å². The average molecular weight is 237 g/mol. The summed E-state index contributed by atoms with van der Waals surface area (Å²) in [6, 6.07) is 0. The lowest BCUT2D eigenvalue weighted by Crippen LogP contribution is -2.30. The van der Waals surface area contributed by atoms with Gasteiger partial charge in [0.05, 0.1) is 13.1 Å². The summed E-state index contributed by atoms with van der Waals surface area (Å²) in [7, 11) is 0. The van der Waals surface area contributed by atoms with Gasteiger partial charge in [0, 0.05) is 0 Å². The van der Waals surface area contributed by atoms with E-state index in [1.165, 1.54) is 64.5 Å². The molecule has 0 radical (unpaired) electrons. The molecule has 2 heteroatoms. The van der Waals surface area contributed by atoms with Gasteiger partial charge in [-0.05, 0) is 25.7 Å². The third kappa shape index (κ3) is 6.50. The van der Waals surface area contributed by atoms with Crippen molar-refractivity contribution in [2.24, 2.45) is 0 Å². The van der Waals surface area contributed by atoms with Crippen LogP contribution in [0.15, 0.2) is 18.7 Å². The number of rotatable bonds is 10. The molecule has 17 heavy (non-hydrogen) atoms. The zero-order chi connectivity index (χ0) is 12.3. The number of aryl methyl sites for hydroxylation is 2. The number of imidazole rings is 1. The molecule has 1 aromatic rings. The zero-order valence-electron chi connectivity index (χ0n) is 11.7. The van der Waals surface area contributed by atoms with Crippen molar-refractivity contribution in [2.75, 3.05) is 0 Å². The SMILES string of the molecule is CCCCCCn1cc[n+](CCCCCC)c1. The van der Waals surface area contributed by atoms with Crippen LogP contribution in [-0.4, -0.2) is 4.57 Å². The fourth-order valence-electron chi connectivity index (χ4n) is 2.15. The van der Waals surface area contributed by atoms with Crippen molar-refractivity contribution in [3.05, 3.63) is 18.7 Å². The Morgan fingerprint density at radius 3 is 2.29 bits per heavy atom. The normalized spacial score (nSPS) is 10.9. The lowest BCUT2D eigenvalue weighted by Gasteiger charge is -1.97. The lowest BCUT2D eigenvalue weighted by atomic mass is 10.2. The zero-order valence-corrected chi connectivity index (χ0v) is 11.7. The summed E-state index contributed by atoms with van der Waals surface area (Å²) in [5, 5.41) is 0. The van der Waals surface area contributed by atoms with Crippen LogP contribution in [0.1, 0.15) is 65.2 Å². The fourth-order valence-corrected chi connectivity index (χ4v) is 2.15. The maximum Gasteiger partial charge on any atom is 0.243 e. The minimum absolute atomic E-state index is 1.18. The average Bonchev–Trinajstić information content (AvgIpc) is 2.78. The molecule has 98 valence electrons. The fraction of sp³-hybridized carbons (Fsp3) is 0.800. The third-order valence-corrected chi connectivity index (χ3v) is 3.29. The Morgan fingerprint density at radius 1 is 0.882 bits per heavy atom. The smallest absolute Gasteiger partial charge is 0.237 e. The number of hydrogen-bond acceptors (Lipinski definition) is 0. The highest BCUT2D eigenvalue weighted by Gasteiger charge is 2.02. The van der Waals surface area contributed by atoms with Gasteiger partial charge in [0.25, 0.3) is 0 Å². The van der Waals surface area contributed by atoms with Crippen LogP contribution < -0.4 is 4.57 Å². The first-order valence-corrected chi connectivity index (χ1v) is 7.41. The molecule has 0 saturated heterocycles. The summed E-state index contributed by atoms with van der Waals surface area (Å²) in [4.78, 5) is 0. The molecule has 0 saturated carbocycles. The van der Waals surface area contributed by atoms with Crippen LogP contribution in [-0.2, 0) is 13.1 Å². The van der Waals surface area contributed by atoms with Crippen molar-refractivity contribution in [2.45, 2.75) is 78.3 Å². The number of aromatic nitrogens is 2. The Morgan fingerprint density at radius 2 is 1.59 bits per heavy atom. The second kappa shape index (κ2) is 9.26. The van der Waals surface area contributed by atoms with Crippen molar-refractivity contribution in [1.82, 2.24) is 4.57 Å². The second-order valence-corrected chi connectivity index (χ2v) is 5.01. The van der Waals surface area contributed by atoms with Gasteiger partial charge >= 0.3 is 0 Å². The first-order valence-electron chi connectivity index (χ1n) is 7.41. The minimum Gasteiger partial charge on any atom is -0.237 e. The second-order valence-electron chi connectivity index (χ2n) is 5.01. The monoisotopic (exact) mass is 237 g/mol. The molecule has 1 heterocycles. The van der Waals surface area contributed by atoms with E-state index in [1.807, 2.05) is 0 Å². The van der Waals surface area contributed by atoms with Crippen molar-refractivity contribution in [3.8, 4) is 0 Å². The summed E-state index contributed by atoms with van der Waals surface area (Å²) in [5.74, 6) is 0. The van der Waals surface area contributed by atoms with Crippen LogP contribution in [0.3, 0.4) is 0 Å². The first-order chi connectivity index (χ1) is 8.36. The molecule has 0 aliphatic heterocycles. The van der Waals surface area contributed by atoms with Gasteiger partial charge in [-0.25, -0.2) is 9.13 Å². The van der Waals surface area contributed by atoms with E-state index in [0.29, 0.717) is 0 Å². The van der Waals surface area contributed by atoms with Gasteiger partial charge in [0.15, 0.2) is 0 Å². The molecule has 0 aromatic carbocycles. The quantitative estimate of drug-likeness (QED) is 0.430. The van der Waals surface area contributed by atoms with E-state index in [4.69, 9.17) is 0 Å². The largest absolute Gasteiger partial charge is 0.243 e. The third-order valence-electron chi connectivity index (χ3n) is 3.29. The molecule has 0 amide bonds. The summed E-state index contributed by atoms with van der Waals surface area (Å²) in [5.41, 5.74) is 0. The van der Waals surface area contributed by atoms with Gasteiger partial charge in [-0.3, -0.25) is 0 Å². The van der Waals surface area contributed by atoms with E-state index in [9.17, 15) is 0 Å². The van der Waals surface area contributed by atoms with Crippen LogP contribution in [0.2, 0.25) is 0 Å². The molecule has 2 nitrogen and oxygen atoms in total. The van der Waals surface area contributed by atoms with Crippen LogP contribution in [0.5, 0.6) is 0 Å². The van der Waals surface area contributed by atoms with Crippen molar-refractivity contribution >= 4 is 0 Å². The first kappa shape index (κ1) is 14.3. The molecule has 0 unspecified atom stereocenters. The van der Waals surface area contributed by atoms with Crippen LogP contribution in [0, 0.1) is 0 Å². The number of hydrogen-bond donors (Lipinski definition) is 0.